The molecule has 0 atom stereocenters. The van der Waals surface area contributed by atoms with E-state index in [9.17, 15) is 22.7 Å². The first-order chi connectivity index (χ1) is 16.7. The van der Waals surface area contributed by atoms with E-state index in [4.69, 9.17) is 0 Å². The van der Waals surface area contributed by atoms with Gasteiger partial charge in [-0.05, 0) is 87.9 Å². The van der Waals surface area contributed by atoms with Crippen LogP contribution < -0.4 is 0 Å². The molecular formula is C30H32F4O. The van der Waals surface area contributed by atoms with E-state index in [0.29, 0.717) is 12.3 Å². The van der Waals surface area contributed by atoms with Gasteiger partial charge in [0.2, 0.25) is 0 Å². The van der Waals surface area contributed by atoms with Gasteiger partial charge >= 0.3 is 6.18 Å². The molecule has 1 N–H and O–H groups in total. The summed E-state index contributed by atoms with van der Waals surface area (Å²) in [6.07, 6.45) is 1.76. The molecule has 0 unspecified atom stereocenters. The Labute approximate surface area is 204 Å². The van der Waals surface area contributed by atoms with E-state index >= 15 is 0 Å². The van der Waals surface area contributed by atoms with E-state index < -0.39 is 11.7 Å². The van der Waals surface area contributed by atoms with Crippen LogP contribution in [0.2, 0.25) is 0 Å². The predicted molar refractivity (Wildman–Crippen MR) is 132 cm³/mol. The molecule has 1 fully saturated rings. The van der Waals surface area contributed by atoms with Crippen molar-refractivity contribution in [1.29, 1.82) is 0 Å². The lowest BCUT2D eigenvalue weighted by atomic mass is 9.80. The molecule has 1 saturated carbocycles. The molecule has 1 aliphatic rings. The van der Waals surface area contributed by atoms with E-state index in [1.807, 2.05) is 0 Å². The standard InChI is InChI=1S/C30H32F4O/c1-19(2)26-17-23(15-20-5-3-4-6-20)28(18-35)29(22-9-13-25(31)14-10-22)27(26)16-21-7-11-24(12-8-21)30(32,33)34/h7-14,17,19-20,35H,3-6,15-16,18H2,1-2H3. The summed E-state index contributed by atoms with van der Waals surface area (Å²) in [6, 6.07) is 13.7. The summed E-state index contributed by atoms with van der Waals surface area (Å²) in [5, 5.41) is 10.5. The molecule has 0 aliphatic heterocycles. The molecule has 186 valence electrons. The number of benzene rings is 3. The molecule has 5 heteroatoms. The summed E-state index contributed by atoms with van der Waals surface area (Å²) in [6.45, 7) is 4.07. The first kappa shape index (κ1) is 25.4. The normalized spacial score (nSPS) is 14.7. The summed E-state index contributed by atoms with van der Waals surface area (Å²) in [7, 11) is 0. The predicted octanol–water partition coefficient (Wildman–Crippen LogP) is 8.45. The minimum Gasteiger partial charge on any atom is -0.392 e. The van der Waals surface area contributed by atoms with Crippen molar-refractivity contribution in [3.63, 3.8) is 0 Å². The summed E-state index contributed by atoms with van der Waals surface area (Å²) >= 11 is 0. The third-order valence-electron chi connectivity index (χ3n) is 7.23. The van der Waals surface area contributed by atoms with Crippen LogP contribution in [0.4, 0.5) is 17.6 Å². The fourth-order valence-electron chi connectivity index (χ4n) is 5.42. The highest BCUT2D eigenvalue weighted by atomic mass is 19.4. The Balaban J connectivity index is 1.87. The molecular weight excluding hydrogens is 452 g/mol. The maximum absolute atomic E-state index is 13.8. The van der Waals surface area contributed by atoms with Crippen molar-refractivity contribution in [3.05, 3.63) is 93.8 Å². The number of rotatable bonds is 7. The largest absolute Gasteiger partial charge is 0.416 e. The van der Waals surface area contributed by atoms with Crippen LogP contribution in [-0.4, -0.2) is 5.11 Å². The van der Waals surface area contributed by atoms with Crippen molar-refractivity contribution >= 4 is 0 Å². The van der Waals surface area contributed by atoms with Crippen molar-refractivity contribution in [2.24, 2.45) is 5.92 Å². The highest BCUT2D eigenvalue weighted by Crippen LogP contribution is 2.40. The van der Waals surface area contributed by atoms with Crippen molar-refractivity contribution < 1.29 is 22.7 Å². The van der Waals surface area contributed by atoms with Crippen LogP contribution in [0.1, 0.15) is 78.8 Å². The Bertz CT molecular complexity index is 1140. The third kappa shape index (κ3) is 5.78. The van der Waals surface area contributed by atoms with E-state index in [1.165, 1.54) is 49.9 Å². The van der Waals surface area contributed by atoms with E-state index in [-0.39, 0.29) is 18.3 Å². The van der Waals surface area contributed by atoms with Crippen molar-refractivity contribution in [1.82, 2.24) is 0 Å². The van der Waals surface area contributed by atoms with Crippen molar-refractivity contribution in [2.75, 3.05) is 0 Å². The average Bonchev–Trinajstić information content (AvgIpc) is 3.33. The summed E-state index contributed by atoms with van der Waals surface area (Å²) in [4.78, 5) is 0. The number of hydrogen-bond donors (Lipinski definition) is 1. The fourth-order valence-corrected chi connectivity index (χ4v) is 5.42. The van der Waals surface area contributed by atoms with Crippen LogP contribution in [0.15, 0.2) is 54.6 Å². The van der Waals surface area contributed by atoms with Crippen LogP contribution in [0.25, 0.3) is 11.1 Å². The second-order valence-corrected chi connectivity index (χ2v) is 10.0. The zero-order valence-corrected chi connectivity index (χ0v) is 20.3. The van der Waals surface area contributed by atoms with Gasteiger partial charge in [-0.15, -0.1) is 0 Å². The maximum atomic E-state index is 13.8. The van der Waals surface area contributed by atoms with Gasteiger partial charge in [0.05, 0.1) is 12.2 Å². The zero-order valence-electron chi connectivity index (χ0n) is 20.3. The number of halogens is 4. The van der Waals surface area contributed by atoms with Gasteiger partial charge in [-0.3, -0.25) is 0 Å². The molecule has 1 aliphatic carbocycles. The average molecular weight is 485 g/mol. The number of hydrogen-bond acceptors (Lipinski definition) is 1. The molecule has 3 aromatic carbocycles. The highest BCUT2D eigenvalue weighted by Gasteiger charge is 2.30. The maximum Gasteiger partial charge on any atom is 0.416 e. The number of aliphatic hydroxyl groups is 1. The molecule has 3 aromatic rings. The highest BCUT2D eigenvalue weighted by molar-refractivity contribution is 5.75. The molecule has 0 heterocycles. The Morgan fingerprint density at radius 3 is 2.09 bits per heavy atom. The quantitative estimate of drug-likeness (QED) is 0.334. The van der Waals surface area contributed by atoms with E-state index in [1.54, 1.807) is 12.1 Å². The Hall–Kier alpha value is -2.66. The molecule has 35 heavy (non-hydrogen) atoms. The van der Waals surface area contributed by atoms with Gasteiger partial charge in [0.1, 0.15) is 5.82 Å². The summed E-state index contributed by atoms with van der Waals surface area (Å²) in [5.41, 5.74) is 5.84. The van der Waals surface area contributed by atoms with Gasteiger partial charge in [-0.2, -0.15) is 13.2 Å². The first-order valence-electron chi connectivity index (χ1n) is 12.4. The van der Waals surface area contributed by atoms with Crippen LogP contribution in [-0.2, 0) is 25.6 Å². The van der Waals surface area contributed by atoms with Gasteiger partial charge in [0.15, 0.2) is 0 Å². The van der Waals surface area contributed by atoms with Gasteiger partial charge < -0.3 is 5.11 Å². The molecule has 0 saturated heterocycles. The zero-order chi connectivity index (χ0) is 25.2. The first-order valence-corrected chi connectivity index (χ1v) is 12.4. The van der Waals surface area contributed by atoms with Crippen LogP contribution in [0, 0.1) is 11.7 Å². The molecule has 1 nitrogen and oxygen atoms in total. The third-order valence-corrected chi connectivity index (χ3v) is 7.23. The second kappa shape index (κ2) is 10.5. The van der Waals surface area contributed by atoms with Gasteiger partial charge in [0, 0.05) is 0 Å². The minimum atomic E-state index is -4.38. The van der Waals surface area contributed by atoms with Crippen LogP contribution >= 0.6 is 0 Å². The van der Waals surface area contributed by atoms with Crippen LogP contribution in [0.3, 0.4) is 0 Å². The molecule has 0 radical (unpaired) electrons. The number of alkyl halides is 3. The lowest BCUT2D eigenvalue weighted by Crippen LogP contribution is -2.11. The van der Waals surface area contributed by atoms with Crippen molar-refractivity contribution in [3.8, 4) is 11.1 Å². The SMILES string of the molecule is CC(C)c1cc(CC2CCCC2)c(CO)c(-c2ccc(F)cc2)c1Cc1ccc(C(F)(F)F)cc1. The Morgan fingerprint density at radius 2 is 1.54 bits per heavy atom. The minimum absolute atomic E-state index is 0.146. The molecule has 0 amide bonds. The van der Waals surface area contributed by atoms with Gasteiger partial charge in [0.25, 0.3) is 0 Å². The van der Waals surface area contributed by atoms with E-state index in [0.717, 1.165) is 57.5 Å². The lowest BCUT2D eigenvalue weighted by Gasteiger charge is -2.25. The summed E-state index contributed by atoms with van der Waals surface area (Å²) in [5.74, 6) is 0.422. The second-order valence-electron chi connectivity index (χ2n) is 10.0. The molecule has 0 bridgehead atoms. The number of aliphatic hydroxyl groups excluding tert-OH is 1. The summed E-state index contributed by atoms with van der Waals surface area (Å²) < 4.78 is 53.0. The van der Waals surface area contributed by atoms with Crippen molar-refractivity contribution in [2.45, 2.75) is 71.1 Å². The Kier molecular flexibility index (Phi) is 7.65. The van der Waals surface area contributed by atoms with Crippen LogP contribution in [0.5, 0.6) is 0 Å². The Morgan fingerprint density at radius 1 is 0.914 bits per heavy atom. The molecule has 0 spiro atoms. The molecule has 4 rings (SSSR count). The monoisotopic (exact) mass is 484 g/mol. The van der Waals surface area contributed by atoms with Gasteiger partial charge in [-0.1, -0.05) is 69.9 Å². The molecule has 0 aromatic heterocycles. The smallest absolute Gasteiger partial charge is 0.392 e. The van der Waals surface area contributed by atoms with Gasteiger partial charge in [-0.25, -0.2) is 4.39 Å². The topological polar surface area (TPSA) is 20.2 Å². The fraction of sp³-hybridized carbons (Fsp3) is 0.400. The van der Waals surface area contributed by atoms with E-state index in [2.05, 4.69) is 19.9 Å². The lowest BCUT2D eigenvalue weighted by molar-refractivity contribution is -0.137.